The smallest absolute Gasteiger partial charge is 0.136 e. The van der Waals surface area contributed by atoms with Crippen molar-refractivity contribution in [2.75, 3.05) is 0 Å². The molecule has 0 bridgehead atoms. The molecule has 0 saturated heterocycles. The van der Waals surface area contributed by atoms with Crippen LogP contribution in [0.3, 0.4) is 0 Å². The molecule has 0 aliphatic carbocycles. The molecule has 8 heterocycles. The Hall–Kier alpha value is -19.1. The number of rotatable bonds is 10. The second-order valence-corrected chi connectivity index (χ2v) is 39.5. The van der Waals surface area contributed by atoms with Crippen LogP contribution in [0.2, 0.25) is 0 Å². The van der Waals surface area contributed by atoms with Crippen molar-refractivity contribution < 1.29 is 4.42 Å². The highest BCUT2D eigenvalue weighted by Gasteiger charge is 2.27. The first-order valence-electron chi connectivity index (χ1n) is 50.1. The minimum Gasteiger partial charge on any atom is -0.456 e. The second kappa shape index (κ2) is 33.3. The van der Waals surface area contributed by atoms with Crippen LogP contribution in [0.1, 0.15) is 0 Å². The SMILES string of the molecule is c1ccc(-c2ccccc2-c2cccc(-n3c4ccccc4c4cc5c6cc7ccccc7cc6n(-c6ccccc6)c5cc43)c2)cc1.c1ccc(-n2c3cc4c(cc3c3c5ccccc5ccc32)c2ccccc2n4-c2cccc(-c3cccc4oc5ccccc5c34)c2)cc1.c1ccc(-n2c3cc4c(cc3c3c5ccccc5ccc32)c2ccccc2n4-c2cccc(-c3cccc4sc5ccccc5c34)c2)cc1. The van der Waals surface area contributed by atoms with Gasteiger partial charge in [-0.15, -0.1) is 11.3 Å². The lowest BCUT2D eigenvalue weighted by molar-refractivity contribution is 0.669. The summed E-state index contributed by atoms with van der Waals surface area (Å²) >= 11 is 1.87. The van der Waals surface area contributed by atoms with Gasteiger partial charge in [0.05, 0.1) is 66.2 Å². The Balaban J connectivity index is 0.000000102. The van der Waals surface area contributed by atoms with Crippen LogP contribution in [0.4, 0.5) is 0 Å². The highest BCUT2D eigenvalue weighted by molar-refractivity contribution is 7.26. The molecule has 680 valence electrons. The predicted octanol–water partition coefficient (Wildman–Crippen LogP) is 38.0. The molecule has 0 unspecified atom stereocenters. The van der Waals surface area contributed by atoms with Crippen molar-refractivity contribution in [1.82, 2.24) is 27.4 Å². The molecule has 0 fully saturated rings. The van der Waals surface area contributed by atoms with Crippen molar-refractivity contribution >= 4 is 217 Å². The summed E-state index contributed by atoms with van der Waals surface area (Å²) in [6, 6.07) is 190. The van der Waals surface area contributed by atoms with Crippen LogP contribution in [0, 0.1) is 0 Å². The molecular weight excluding hydrogens is 1790 g/mol. The lowest BCUT2D eigenvalue weighted by atomic mass is 9.94. The van der Waals surface area contributed by atoms with Crippen LogP contribution in [0.15, 0.2) is 526 Å². The van der Waals surface area contributed by atoms with Crippen LogP contribution < -0.4 is 0 Å². The summed E-state index contributed by atoms with van der Waals surface area (Å²) < 4.78 is 23.6. The van der Waals surface area contributed by atoms with Crippen molar-refractivity contribution in [2.24, 2.45) is 0 Å². The van der Waals surface area contributed by atoms with E-state index in [0.717, 1.165) is 61.6 Å². The number of furan rings is 1. The van der Waals surface area contributed by atoms with Crippen molar-refractivity contribution in [1.29, 1.82) is 0 Å². The van der Waals surface area contributed by atoms with Crippen molar-refractivity contribution in [3.63, 3.8) is 0 Å². The highest BCUT2D eigenvalue weighted by Crippen LogP contribution is 2.50. The van der Waals surface area contributed by atoms with Gasteiger partial charge in [0, 0.05) is 130 Å². The lowest BCUT2D eigenvalue weighted by Gasteiger charge is -2.14. The second-order valence-electron chi connectivity index (χ2n) is 38.4. The maximum absolute atomic E-state index is 6.27. The first kappa shape index (κ1) is 82.7. The zero-order valence-electron chi connectivity index (χ0n) is 79.2. The van der Waals surface area contributed by atoms with E-state index in [1.807, 2.05) is 23.5 Å². The summed E-state index contributed by atoms with van der Waals surface area (Å²) in [6.07, 6.45) is 0. The molecular formula is C138H86N6OS. The number of hydrogen-bond donors (Lipinski definition) is 0. The lowest BCUT2D eigenvalue weighted by Crippen LogP contribution is -1.96. The fourth-order valence-corrected chi connectivity index (χ4v) is 25.3. The average molecular weight is 1880 g/mol. The molecule has 0 spiro atoms. The van der Waals surface area contributed by atoms with Gasteiger partial charge in [0.1, 0.15) is 11.2 Å². The topological polar surface area (TPSA) is 42.7 Å². The quantitative estimate of drug-likeness (QED) is 0.135. The Labute approximate surface area is 842 Å². The third-order valence-electron chi connectivity index (χ3n) is 30.4. The first-order valence-corrected chi connectivity index (χ1v) is 50.9. The van der Waals surface area contributed by atoms with Gasteiger partial charge >= 0.3 is 0 Å². The van der Waals surface area contributed by atoms with E-state index in [2.05, 4.69) is 537 Å². The minimum atomic E-state index is 0.907. The van der Waals surface area contributed by atoms with Gasteiger partial charge in [-0.25, -0.2) is 0 Å². The van der Waals surface area contributed by atoms with E-state index in [1.54, 1.807) is 0 Å². The summed E-state index contributed by atoms with van der Waals surface area (Å²) in [5.74, 6) is 0. The van der Waals surface area contributed by atoms with E-state index in [4.69, 9.17) is 4.42 Å². The van der Waals surface area contributed by atoms with Crippen LogP contribution in [0.25, 0.3) is 284 Å². The monoisotopic (exact) mass is 1870 g/mol. The third-order valence-corrected chi connectivity index (χ3v) is 31.6. The Morgan fingerprint density at radius 3 is 0.952 bits per heavy atom. The highest BCUT2D eigenvalue weighted by atomic mass is 32.1. The van der Waals surface area contributed by atoms with Crippen LogP contribution in [0.5, 0.6) is 0 Å². The van der Waals surface area contributed by atoms with E-state index in [-0.39, 0.29) is 0 Å². The summed E-state index contributed by atoms with van der Waals surface area (Å²) in [4.78, 5) is 0. The zero-order chi connectivity index (χ0) is 95.7. The molecule has 0 atom stereocenters. The molecule has 0 N–H and O–H groups in total. The van der Waals surface area contributed by atoms with Crippen molar-refractivity contribution in [2.45, 2.75) is 0 Å². The number of benzene rings is 24. The number of aromatic nitrogens is 6. The number of fused-ring (bicyclic) bond motifs is 29. The largest absolute Gasteiger partial charge is 0.456 e. The van der Waals surface area contributed by atoms with Gasteiger partial charge in [0.25, 0.3) is 0 Å². The standard InChI is InChI=1S/C46H28N2O.C46H28N2S.C46H30N2/c2*1-2-14-31(15-3-1)47-40-25-24-29-12-4-5-17-33(29)45(40)38-27-37-35-18-6-8-21-39(35)48(41(37)28-42(38)47)32-16-10-13-30(26-32)34-20-11-23-44-46(34)36-19-7-9-22-43(36)49-44;1-3-14-31(15-4-1)37-22-9-10-23-38(37)34-18-13-21-36(26-34)48-43-25-12-11-24-39(43)41-29-42-40-27-32-16-7-8-17-33(32)28-44(40)47(46(42)30-45(41)48)35-19-5-2-6-20-35/h2*1-28H;1-30H. The molecule has 0 aliphatic heterocycles. The van der Waals surface area contributed by atoms with Crippen LogP contribution in [-0.2, 0) is 0 Å². The molecule has 146 heavy (non-hydrogen) atoms. The molecule has 32 aromatic rings. The molecule has 7 nitrogen and oxygen atoms in total. The summed E-state index contributed by atoms with van der Waals surface area (Å²) in [7, 11) is 0. The maximum Gasteiger partial charge on any atom is 0.136 e. The molecule has 0 aliphatic rings. The van der Waals surface area contributed by atoms with E-state index >= 15 is 0 Å². The number of hydrogen-bond acceptors (Lipinski definition) is 2. The molecule has 32 rings (SSSR count). The third kappa shape index (κ3) is 13.0. The van der Waals surface area contributed by atoms with Gasteiger partial charge in [0.2, 0.25) is 0 Å². The van der Waals surface area contributed by atoms with E-state index in [0.29, 0.717) is 0 Å². The van der Waals surface area contributed by atoms with Crippen LogP contribution >= 0.6 is 11.3 Å². The van der Waals surface area contributed by atoms with Gasteiger partial charge in [-0.1, -0.05) is 346 Å². The Morgan fingerprint density at radius 2 is 0.445 bits per heavy atom. The summed E-state index contributed by atoms with van der Waals surface area (Å²) in [5.41, 5.74) is 32.9. The van der Waals surface area contributed by atoms with Crippen molar-refractivity contribution in [3.8, 4) is 78.6 Å². The van der Waals surface area contributed by atoms with E-state index in [9.17, 15) is 0 Å². The fraction of sp³-hybridized carbons (Fsp3) is 0. The number of thiophene rings is 1. The predicted molar refractivity (Wildman–Crippen MR) is 620 cm³/mol. The Kier molecular flexibility index (Phi) is 18.9. The molecule has 8 aromatic heterocycles. The normalized spacial score (nSPS) is 12.0. The van der Waals surface area contributed by atoms with Crippen molar-refractivity contribution in [3.05, 3.63) is 522 Å². The Morgan fingerprint density at radius 1 is 0.137 bits per heavy atom. The van der Waals surface area contributed by atoms with Gasteiger partial charge in [-0.2, -0.15) is 0 Å². The molecule has 8 heteroatoms. The average Bonchev–Trinajstić information content (AvgIpc) is 1.56. The van der Waals surface area contributed by atoms with E-state index in [1.165, 1.54) is 222 Å². The molecule has 0 radical (unpaired) electrons. The molecule has 24 aromatic carbocycles. The van der Waals surface area contributed by atoms with Gasteiger partial charge in [-0.3, -0.25) is 0 Å². The maximum atomic E-state index is 6.27. The minimum absolute atomic E-state index is 0.907. The summed E-state index contributed by atoms with van der Waals surface area (Å²) in [5, 5.41) is 27.7. The fourth-order valence-electron chi connectivity index (χ4n) is 24.1. The summed E-state index contributed by atoms with van der Waals surface area (Å²) in [6.45, 7) is 0. The molecule has 0 amide bonds. The number of nitrogens with zero attached hydrogens (tertiary/aromatic N) is 6. The number of para-hydroxylation sites is 7. The van der Waals surface area contributed by atoms with Gasteiger partial charge < -0.3 is 31.8 Å². The zero-order valence-corrected chi connectivity index (χ0v) is 80.0. The van der Waals surface area contributed by atoms with Gasteiger partial charge in [-0.05, 0) is 253 Å². The van der Waals surface area contributed by atoms with E-state index < -0.39 is 0 Å². The van der Waals surface area contributed by atoms with Gasteiger partial charge in [0.15, 0.2) is 0 Å². The Bertz CT molecular complexity index is 10600. The van der Waals surface area contributed by atoms with Crippen LogP contribution in [-0.4, -0.2) is 27.4 Å². The first-order chi connectivity index (χ1) is 72.4. The molecule has 0 saturated carbocycles.